The van der Waals surface area contributed by atoms with Crippen LogP contribution in [0.3, 0.4) is 0 Å². The Labute approximate surface area is 118 Å². The van der Waals surface area contributed by atoms with Gasteiger partial charge >= 0.3 is 0 Å². The summed E-state index contributed by atoms with van der Waals surface area (Å²) in [7, 11) is 0. The zero-order valence-electron chi connectivity index (χ0n) is 12.2. The number of amides is 1. The number of benzene rings is 1. The van der Waals surface area contributed by atoms with Crippen molar-refractivity contribution >= 4 is 11.6 Å². The topological polar surface area (TPSA) is 54.6 Å². The lowest BCUT2D eigenvalue weighted by molar-refractivity contribution is 0.0953. The smallest absolute Gasteiger partial charge is 0.274 e. The summed E-state index contributed by atoms with van der Waals surface area (Å²) >= 11 is 0. The Morgan fingerprint density at radius 1 is 1.15 bits per heavy atom. The number of nitrogens with one attached hydrogen (secondary N) is 1. The van der Waals surface area contributed by atoms with Crippen LogP contribution in [-0.4, -0.2) is 11.6 Å². The molecule has 1 aromatic carbocycles. The first-order valence-corrected chi connectivity index (χ1v) is 6.45. The number of aryl methyl sites for hydroxylation is 3. The third-order valence-corrected chi connectivity index (χ3v) is 3.21. The molecule has 104 valence electrons. The zero-order chi connectivity index (χ0) is 14.7. The first-order chi connectivity index (χ1) is 9.49. The van der Waals surface area contributed by atoms with E-state index in [1.165, 1.54) is 6.26 Å². The van der Waals surface area contributed by atoms with Crippen LogP contribution < -0.4 is 5.43 Å². The highest BCUT2D eigenvalue weighted by molar-refractivity contribution is 6.02. The number of furan rings is 1. The summed E-state index contributed by atoms with van der Waals surface area (Å²) in [6, 6.07) is 7.79. The van der Waals surface area contributed by atoms with Crippen LogP contribution in [-0.2, 0) is 0 Å². The number of hydrazone groups is 1. The van der Waals surface area contributed by atoms with Gasteiger partial charge in [-0.15, -0.1) is 0 Å². The van der Waals surface area contributed by atoms with E-state index in [0.717, 1.165) is 22.4 Å². The molecule has 1 amide bonds. The molecule has 20 heavy (non-hydrogen) atoms. The number of hydrogen-bond donors (Lipinski definition) is 1. The maximum absolute atomic E-state index is 11.9. The van der Waals surface area contributed by atoms with Gasteiger partial charge in [0.15, 0.2) is 0 Å². The maximum Gasteiger partial charge on any atom is 0.274 e. The van der Waals surface area contributed by atoms with Gasteiger partial charge in [-0.1, -0.05) is 17.7 Å². The van der Waals surface area contributed by atoms with Gasteiger partial charge in [-0.3, -0.25) is 4.79 Å². The van der Waals surface area contributed by atoms with Crippen LogP contribution in [0.5, 0.6) is 0 Å². The Morgan fingerprint density at radius 3 is 2.55 bits per heavy atom. The van der Waals surface area contributed by atoms with Crippen molar-refractivity contribution in [2.75, 3.05) is 0 Å². The van der Waals surface area contributed by atoms with Crippen LogP contribution in [0.2, 0.25) is 0 Å². The van der Waals surface area contributed by atoms with Crippen molar-refractivity contribution < 1.29 is 9.21 Å². The van der Waals surface area contributed by atoms with Crippen molar-refractivity contribution in [2.24, 2.45) is 5.10 Å². The molecule has 2 aromatic rings. The molecule has 0 atom stereocenters. The van der Waals surface area contributed by atoms with E-state index in [1.54, 1.807) is 13.0 Å². The number of carbonyl (C=O) groups excluding carboxylic acids is 1. The van der Waals surface area contributed by atoms with Crippen LogP contribution in [0.15, 0.2) is 40.0 Å². The van der Waals surface area contributed by atoms with Crippen LogP contribution in [0.4, 0.5) is 0 Å². The van der Waals surface area contributed by atoms with Gasteiger partial charge in [0.25, 0.3) is 5.91 Å². The minimum absolute atomic E-state index is 0.263. The summed E-state index contributed by atoms with van der Waals surface area (Å²) in [5.41, 5.74) is 7.17. The first kappa shape index (κ1) is 14.1. The molecule has 0 spiro atoms. The van der Waals surface area contributed by atoms with E-state index >= 15 is 0 Å². The molecule has 0 bridgehead atoms. The molecule has 0 unspecified atom stereocenters. The minimum atomic E-state index is -0.263. The summed E-state index contributed by atoms with van der Waals surface area (Å²) < 4.78 is 5.10. The molecule has 0 aliphatic rings. The lowest BCUT2D eigenvalue weighted by Gasteiger charge is -2.07. The molecule has 1 heterocycles. The summed E-state index contributed by atoms with van der Waals surface area (Å²) in [4.78, 5) is 11.9. The van der Waals surface area contributed by atoms with Crippen molar-refractivity contribution in [3.63, 3.8) is 0 Å². The van der Waals surface area contributed by atoms with Crippen molar-refractivity contribution in [3.8, 4) is 0 Å². The van der Waals surface area contributed by atoms with Crippen molar-refractivity contribution in [1.29, 1.82) is 0 Å². The molecular formula is C16H18N2O2. The molecule has 1 N–H and O–H groups in total. The fraction of sp³-hybridized carbons (Fsp3) is 0.250. The van der Waals surface area contributed by atoms with Crippen LogP contribution >= 0.6 is 0 Å². The summed E-state index contributed by atoms with van der Waals surface area (Å²) in [5.74, 6) is 0.322. The fourth-order valence-corrected chi connectivity index (χ4v) is 2.00. The average molecular weight is 270 g/mol. The molecule has 0 radical (unpaired) electrons. The third-order valence-electron chi connectivity index (χ3n) is 3.21. The van der Waals surface area contributed by atoms with Gasteiger partial charge in [-0.05, 0) is 45.4 Å². The second-order valence-electron chi connectivity index (χ2n) is 4.85. The molecule has 0 aliphatic carbocycles. The lowest BCUT2D eigenvalue weighted by Crippen LogP contribution is -2.19. The molecule has 4 nitrogen and oxygen atoms in total. The molecule has 0 saturated heterocycles. The predicted molar refractivity (Wildman–Crippen MR) is 79.0 cm³/mol. The second-order valence-corrected chi connectivity index (χ2v) is 4.85. The van der Waals surface area contributed by atoms with E-state index < -0.39 is 0 Å². The second kappa shape index (κ2) is 5.74. The van der Waals surface area contributed by atoms with E-state index in [9.17, 15) is 4.79 Å². The van der Waals surface area contributed by atoms with Crippen molar-refractivity contribution in [3.05, 3.63) is 58.5 Å². The Balaban J connectivity index is 2.17. The van der Waals surface area contributed by atoms with Crippen LogP contribution in [0, 0.1) is 20.8 Å². The van der Waals surface area contributed by atoms with Crippen molar-refractivity contribution in [2.45, 2.75) is 27.7 Å². The standard InChI is InChI=1S/C16H18N2O2/c1-10-5-6-11(2)15(9-10)12(3)17-18-16(19)14-7-8-20-13(14)4/h5-9H,1-4H3,(H,18,19)/b17-12+. The largest absolute Gasteiger partial charge is 0.469 e. The van der Waals surface area contributed by atoms with Gasteiger partial charge in [0, 0.05) is 5.56 Å². The van der Waals surface area contributed by atoms with Gasteiger partial charge < -0.3 is 4.42 Å². The quantitative estimate of drug-likeness (QED) is 0.686. The molecule has 0 fully saturated rings. The normalized spacial score (nSPS) is 11.5. The molecular weight excluding hydrogens is 252 g/mol. The summed E-state index contributed by atoms with van der Waals surface area (Å²) in [6.45, 7) is 7.68. The average Bonchev–Trinajstić information content (AvgIpc) is 2.84. The van der Waals surface area contributed by atoms with Gasteiger partial charge in [0.2, 0.25) is 0 Å². The van der Waals surface area contributed by atoms with Crippen LogP contribution in [0.25, 0.3) is 0 Å². The SMILES string of the molecule is C/C(=N\NC(=O)c1ccoc1C)c1cc(C)ccc1C. The van der Waals surface area contributed by atoms with Crippen LogP contribution in [0.1, 0.15) is 39.7 Å². The highest BCUT2D eigenvalue weighted by Gasteiger charge is 2.11. The summed E-state index contributed by atoms with van der Waals surface area (Å²) in [6.07, 6.45) is 1.49. The van der Waals surface area contributed by atoms with E-state index in [1.807, 2.05) is 26.8 Å². The van der Waals surface area contributed by atoms with E-state index in [0.29, 0.717) is 11.3 Å². The number of rotatable bonds is 3. The molecule has 1 aromatic heterocycles. The zero-order valence-corrected chi connectivity index (χ0v) is 12.2. The molecule has 0 saturated carbocycles. The van der Waals surface area contributed by atoms with Crippen molar-refractivity contribution in [1.82, 2.24) is 5.43 Å². The highest BCUT2D eigenvalue weighted by atomic mass is 16.3. The number of carbonyl (C=O) groups is 1. The Kier molecular flexibility index (Phi) is 4.03. The van der Waals surface area contributed by atoms with Gasteiger partial charge in [-0.25, -0.2) is 5.43 Å². The number of hydrogen-bond acceptors (Lipinski definition) is 3. The lowest BCUT2D eigenvalue weighted by atomic mass is 10.0. The summed E-state index contributed by atoms with van der Waals surface area (Å²) in [5, 5.41) is 4.17. The van der Waals surface area contributed by atoms with E-state index in [4.69, 9.17) is 4.42 Å². The Morgan fingerprint density at radius 2 is 1.90 bits per heavy atom. The predicted octanol–water partition coefficient (Wildman–Crippen LogP) is 3.36. The highest BCUT2D eigenvalue weighted by Crippen LogP contribution is 2.12. The first-order valence-electron chi connectivity index (χ1n) is 6.45. The van der Waals surface area contributed by atoms with Gasteiger partial charge in [0.05, 0.1) is 17.5 Å². The minimum Gasteiger partial charge on any atom is -0.469 e. The Bertz CT molecular complexity index is 669. The van der Waals surface area contributed by atoms with Gasteiger partial charge in [0.1, 0.15) is 5.76 Å². The van der Waals surface area contributed by atoms with Gasteiger partial charge in [-0.2, -0.15) is 5.10 Å². The molecule has 0 aliphatic heterocycles. The maximum atomic E-state index is 11.9. The number of nitrogens with zero attached hydrogens (tertiary/aromatic N) is 1. The monoisotopic (exact) mass is 270 g/mol. The van der Waals surface area contributed by atoms with E-state index in [2.05, 4.69) is 22.7 Å². The fourth-order valence-electron chi connectivity index (χ4n) is 2.00. The third kappa shape index (κ3) is 2.96. The molecule has 2 rings (SSSR count). The van der Waals surface area contributed by atoms with E-state index in [-0.39, 0.29) is 5.91 Å². The molecule has 4 heteroatoms. The Hall–Kier alpha value is -2.36.